The fourth-order valence-electron chi connectivity index (χ4n) is 2.58. The van der Waals surface area contributed by atoms with E-state index in [1.165, 1.54) is 42.5 Å². The first kappa shape index (κ1) is 21.3. The number of benzene rings is 3. The quantitative estimate of drug-likeness (QED) is 0.586. The van der Waals surface area contributed by atoms with E-state index in [4.69, 9.17) is 4.74 Å². The summed E-state index contributed by atoms with van der Waals surface area (Å²) in [5, 5.41) is 2.67. The molecule has 6 nitrogen and oxygen atoms in total. The molecule has 3 aromatic rings. The number of anilines is 2. The first-order chi connectivity index (χ1) is 14.2. The van der Waals surface area contributed by atoms with Crippen molar-refractivity contribution in [2.45, 2.75) is 24.8 Å². The maximum atomic E-state index is 13.7. The molecule has 156 valence electrons. The SMILES string of the molecule is Cc1ccc(OC(C)C(=O)Nc2ccc(S(=O)(=O)Nc3ccccc3F)cc2)cc1. The van der Waals surface area contributed by atoms with E-state index < -0.39 is 21.9 Å². The fourth-order valence-corrected chi connectivity index (χ4v) is 3.65. The summed E-state index contributed by atoms with van der Waals surface area (Å²) in [7, 11) is -3.97. The fraction of sp³-hybridized carbons (Fsp3) is 0.136. The van der Waals surface area contributed by atoms with Crippen molar-refractivity contribution in [1.82, 2.24) is 0 Å². The molecule has 0 radical (unpaired) electrons. The number of hydrogen-bond acceptors (Lipinski definition) is 4. The van der Waals surface area contributed by atoms with Crippen molar-refractivity contribution in [3.05, 3.63) is 84.2 Å². The highest BCUT2D eigenvalue weighted by atomic mass is 32.2. The molecule has 0 fully saturated rings. The Kier molecular flexibility index (Phi) is 6.37. The van der Waals surface area contributed by atoms with Gasteiger partial charge in [0.25, 0.3) is 15.9 Å². The highest BCUT2D eigenvalue weighted by molar-refractivity contribution is 7.92. The number of carbonyl (C=O) groups excluding carboxylic acids is 1. The maximum Gasteiger partial charge on any atom is 0.265 e. The van der Waals surface area contributed by atoms with Crippen LogP contribution in [0.1, 0.15) is 12.5 Å². The molecule has 1 atom stereocenters. The molecule has 1 amide bonds. The lowest BCUT2D eigenvalue weighted by Gasteiger charge is -2.15. The second-order valence-corrected chi connectivity index (χ2v) is 8.35. The number of carbonyl (C=O) groups is 1. The smallest absolute Gasteiger partial charge is 0.265 e. The lowest BCUT2D eigenvalue weighted by atomic mass is 10.2. The Balaban J connectivity index is 1.64. The Labute approximate surface area is 174 Å². The minimum Gasteiger partial charge on any atom is -0.481 e. The summed E-state index contributed by atoms with van der Waals surface area (Å²) >= 11 is 0. The lowest BCUT2D eigenvalue weighted by Crippen LogP contribution is -2.30. The van der Waals surface area contributed by atoms with E-state index in [-0.39, 0.29) is 16.5 Å². The van der Waals surface area contributed by atoms with Gasteiger partial charge in [-0.2, -0.15) is 0 Å². The predicted molar refractivity (Wildman–Crippen MR) is 114 cm³/mol. The minimum absolute atomic E-state index is 0.0623. The highest BCUT2D eigenvalue weighted by Crippen LogP contribution is 2.21. The minimum atomic E-state index is -3.97. The molecule has 3 rings (SSSR count). The lowest BCUT2D eigenvalue weighted by molar-refractivity contribution is -0.122. The van der Waals surface area contributed by atoms with Crippen LogP contribution in [0, 0.1) is 12.7 Å². The van der Waals surface area contributed by atoms with Gasteiger partial charge >= 0.3 is 0 Å². The number of amides is 1. The third-order valence-corrected chi connectivity index (χ3v) is 5.63. The topological polar surface area (TPSA) is 84.5 Å². The van der Waals surface area contributed by atoms with E-state index in [0.717, 1.165) is 11.6 Å². The van der Waals surface area contributed by atoms with Crippen LogP contribution >= 0.6 is 0 Å². The third-order valence-electron chi connectivity index (χ3n) is 4.25. The van der Waals surface area contributed by atoms with E-state index in [1.54, 1.807) is 19.1 Å². The van der Waals surface area contributed by atoms with Crippen molar-refractivity contribution in [2.75, 3.05) is 10.0 Å². The van der Waals surface area contributed by atoms with Gasteiger partial charge in [-0.25, -0.2) is 12.8 Å². The van der Waals surface area contributed by atoms with Crippen LogP contribution in [0.4, 0.5) is 15.8 Å². The van der Waals surface area contributed by atoms with Crippen molar-refractivity contribution in [3.8, 4) is 5.75 Å². The first-order valence-corrected chi connectivity index (χ1v) is 10.6. The van der Waals surface area contributed by atoms with E-state index >= 15 is 0 Å². The molecular formula is C22H21FN2O4S. The molecule has 0 saturated carbocycles. The average molecular weight is 428 g/mol. The standard InChI is InChI=1S/C22H21FN2O4S/c1-15-7-11-18(12-8-15)29-16(2)22(26)24-17-9-13-19(14-10-17)30(27,28)25-21-6-4-3-5-20(21)23/h3-14,16,25H,1-2H3,(H,24,26). The second-order valence-electron chi connectivity index (χ2n) is 6.67. The molecule has 0 aromatic heterocycles. The Hall–Kier alpha value is -3.39. The Morgan fingerprint density at radius 3 is 2.23 bits per heavy atom. The molecule has 0 aliphatic rings. The van der Waals surface area contributed by atoms with Crippen LogP contribution in [0.2, 0.25) is 0 Å². The van der Waals surface area contributed by atoms with E-state index in [9.17, 15) is 17.6 Å². The second kappa shape index (κ2) is 8.96. The van der Waals surface area contributed by atoms with Gasteiger partial charge < -0.3 is 10.1 Å². The molecule has 30 heavy (non-hydrogen) atoms. The molecular weight excluding hydrogens is 407 g/mol. The van der Waals surface area contributed by atoms with Gasteiger partial charge in [-0.3, -0.25) is 9.52 Å². The zero-order valence-corrected chi connectivity index (χ0v) is 17.2. The van der Waals surface area contributed by atoms with Gasteiger partial charge in [-0.05, 0) is 62.4 Å². The first-order valence-electron chi connectivity index (χ1n) is 9.16. The van der Waals surface area contributed by atoms with Crippen LogP contribution in [0.25, 0.3) is 0 Å². The number of sulfonamides is 1. The Morgan fingerprint density at radius 2 is 1.60 bits per heavy atom. The van der Waals surface area contributed by atoms with Crippen LogP contribution in [0.5, 0.6) is 5.75 Å². The van der Waals surface area contributed by atoms with Crippen LogP contribution in [0.3, 0.4) is 0 Å². The monoisotopic (exact) mass is 428 g/mol. The van der Waals surface area contributed by atoms with Gasteiger partial charge in [0, 0.05) is 5.69 Å². The van der Waals surface area contributed by atoms with E-state index in [0.29, 0.717) is 11.4 Å². The zero-order valence-electron chi connectivity index (χ0n) is 16.4. The molecule has 0 aliphatic carbocycles. The summed E-state index contributed by atoms with van der Waals surface area (Å²) in [6.07, 6.45) is -0.751. The number of para-hydroxylation sites is 1. The van der Waals surface area contributed by atoms with Gasteiger partial charge in [0.1, 0.15) is 11.6 Å². The number of nitrogens with one attached hydrogen (secondary N) is 2. The summed E-state index contributed by atoms with van der Waals surface area (Å²) in [6, 6.07) is 18.4. The summed E-state index contributed by atoms with van der Waals surface area (Å²) in [4.78, 5) is 12.3. The summed E-state index contributed by atoms with van der Waals surface area (Å²) < 4.78 is 46.4. The molecule has 0 aliphatic heterocycles. The van der Waals surface area contributed by atoms with E-state index in [1.807, 2.05) is 19.1 Å². The van der Waals surface area contributed by atoms with Crippen molar-refractivity contribution in [3.63, 3.8) is 0 Å². The summed E-state index contributed by atoms with van der Waals surface area (Å²) in [5.74, 6) is -0.480. The Morgan fingerprint density at radius 1 is 0.967 bits per heavy atom. The van der Waals surface area contributed by atoms with Gasteiger partial charge in [0.05, 0.1) is 10.6 Å². The molecule has 2 N–H and O–H groups in total. The average Bonchev–Trinajstić information content (AvgIpc) is 2.71. The van der Waals surface area contributed by atoms with Crippen molar-refractivity contribution in [2.24, 2.45) is 0 Å². The normalized spacial score (nSPS) is 12.1. The molecule has 0 bridgehead atoms. The van der Waals surface area contributed by atoms with Crippen LogP contribution < -0.4 is 14.8 Å². The highest BCUT2D eigenvalue weighted by Gasteiger charge is 2.18. The molecule has 0 heterocycles. The van der Waals surface area contributed by atoms with Crippen LogP contribution in [-0.2, 0) is 14.8 Å². The van der Waals surface area contributed by atoms with Crippen molar-refractivity contribution in [1.29, 1.82) is 0 Å². The van der Waals surface area contributed by atoms with Gasteiger partial charge in [0.2, 0.25) is 0 Å². The van der Waals surface area contributed by atoms with Gasteiger partial charge in [0.15, 0.2) is 6.10 Å². The van der Waals surface area contributed by atoms with Crippen molar-refractivity contribution < 1.29 is 22.3 Å². The third kappa shape index (κ3) is 5.36. The largest absolute Gasteiger partial charge is 0.481 e. The molecule has 0 saturated heterocycles. The van der Waals surface area contributed by atoms with Crippen molar-refractivity contribution >= 4 is 27.3 Å². The summed E-state index contributed by atoms with van der Waals surface area (Å²) in [6.45, 7) is 3.57. The van der Waals surface area contributed by atoms with Crippen LogP contribution in [-0.4, -0.2) is 20.4 Å². The molecule has 0 spiro atoms. The van der Waals surface area contributed by atoms with Crippen LogP contribution in [0.15, 0.2) is 77.7 Å². The zero-order chi connectivity index (χ0) is 21.7. The predicted octanol–water partition coefficient (Wildman–Crippen LogP) is 4.34. The Bertz CT molecular complexity index is 1130. The molecule has 1 unspecified atom stereocenters. The number of rotatable bonds is 7. The summed E-state index contributed by atoms with van der Waals surface area (Å²) in [5.41, 5.74) is 1.35. The van der Waals surface area contributed by atoms with E-state index in [2.05, 4.69) is 10.0 Å². The molecule has 3 aromatic carbocycles. The van der Waals surface area contributed by atoms with Gasteiger partial charge in [-0.1, -0.05) is 29.8 Å². The number of halogens is 1. The van der Waals surface area contributed by atoms with Gasteiger partial charge in [-0.15, -0.1) is 0 Å². The number of aryl methyl sites for hydroxylation is 1. The maximum absolute atomic E-state index is 13.7. The number of hydrogen-bond donors (Lipinski definition) is 2. The molecule has 8 heteroatoms. The number of ether oxygens (including phenoxy) is 1.